The van der Waals surface area contributed by atoms with Gasteiger partial charge in [-0.2, -0.15) is 0 Å². The fourth-order valence-corrected chi connectivity index (χ4v) is 2.14. The molecule has 0 saturated carbocycles. The van der Waals surface area contributed by atoms with Gasteiger partial charge >= 0.3 is 0 Å². The molecule has 5 heteroatoms. The van der Waals surface area contributed by atoms with Crippen LogP contribution in [-0.4, -0.2) is 19.7 Å². The third-order valence-corrected chi connectivity index (χ3v) is 3.65. The molecule has 17 heavy (non-hydrogen) atoms. The van der Waals surface area contributed by atoms with Crippen molar-refractivity contribution >= 4 is 39.1 Å². The third-order valence-electron chi connectivity index (χ3n) is 2.16. The molecule has 0 unspecified atom stereocenters. The van der Waals surface area contributed by atoms with E-state index in [9.17, 15) is 0 Å². The first-order chi connectivity index (χ1) is 8.15. The Bertz CT molecular complexity index is 361. The fraction of sp³-hybridized carbons (Fsp3) is 0.500. The monoisotopic (exact) mass is 339 g/mol. The molecule has 1 aromatic rings. The number of hydrogen-bond donors (Lipinski definition) is 1. The Kier molecular flexibility index (Phi) is 7.28. The van der Waals surface area contributed by atoms with E-state index in [1.807, 2.05) is 0 Å². The highest BCUT2D eigenvalue weighted by atomic mass is 79.9. The number of benzene rings is 1. The molecule has 1 aromatic carbocycles. The molecule has 0 fully saturated rings. The summed E-state index contributed by atoms with van der Waals surface area (Å²) in [5.74, 6) is 0.635. The molecule has 0 heterocycles. The maximum atomic E-state index is 6.03. The second-order valence-electron chi connectivity index (χ2n) is 3.65. The van der Waals surface area contributed by atoms with E-state index in [0.29, 0.717) is 22.4 Å². The summed E-state index contributed by atoms with van der Waals surface area (Å²) in [4.78, 5) is 0. The Hall–Kier alpha value is 0.0400. The van der Waals surface area contributed by atoms with Crippen molar-refractivity contribution in [2.24, 2.45) is 0 Å². The van der Waals surface area contributed by atoms with Crippen LogP contribution < -0.4 is 10.1 Å². The van der Waals surface area contributed by atoms with E-state index >= 15 is 0 Å². The number of ether oxygens (including phenoxy) is 1. The lowest BCUT2D eigenvalue weighted by atomic mass is 10.3. The second kappa shape index (κ2) is 8.20. The molecule has 0 atom stereocenters. The van der Waals surface area contributed by atoms with E-state index in [1.165, 1.54) is 0 Å². The van der Waals surface area contributed by atoms with Gasteiger partial charge in [0.05, 0.1) is 16.7 Å². The summed E-state index contributed by atoms with van der Waals surface area (Å²) in [5, 5.41) is 4.49. The summed E-state index contributed by atoms with van der Waals surface area (Å²) in [6.07, 6.45) is 2.10. The molecular formula is C12H16BrCl2NO. The van der Waals surface area contributed by atoms with Crippen molar-refractivity contribution in [2.75, 3.05) is 19.7 Å². The van der Waals surface area contributed by atoms with Crippen molar-refractivity contribution in [3.05, 3.63) is 26.7 Å². The zero-order valence-corrected chi connectivity index (χ0v) is 12.8. The molecule has 1 rings (SSSR count). The molecule has 0 saturated heterocycles. The van der Waals surface area contributed by atoms with Gasteiger partial charge in [-0.1, -0.05) is 30.1 Å². The van der Waals surface area contributed by atoms with Crippen LogP contribution in [0.25, 0.3) is 0 Å². The molecule has 0 spiro atoms. The third kappa shape index (κ3) is 5.47. The highest BCUT2D eigenvalue weighted by molar-refractivity contribution is 9.10. The second-order valence-corrected chi connectivity index (χ2v) is 5.32. The van der Waals surface area contributed by atoms with Crippen LogP contribution in [0.3, 0.4) is 0 Å². The van der Waals surface area contributed by atoms with Crippen LogP contribution >= 0.6 is 39.1 Å². The minimum atomic E-state index is 0.572. The zero-order valence-electron chi connectivity index (χ0n) is 9.73. The number of hydrogen-bond acceptors (Lipinski definition) is 2. The highest BCUT2D eigenvalue weighted by Gasteiger charge is 2.06. The van der Waals surface area contributed by atoms with E-state index in [0.717, 1.165) is 30.4 Å². The van der Waals surface area contributed by atoms with E-state index in [4.69, 9.17) is 27.9 Å². The molecule has 0 aliphatic carbocycles. The first-order valence-corrected chi connectivity index (χ1v) is 7.18. The lowest BCUT2D eigenvalue weighted by Crippen LogP contribution is -2.18. The maximum Gasteiger partial charge on any atom is 0.139 e. The van der Waals surface area contributed by atoms with Gasteiger partial charge in [0.1, 0.15) is 5.75 Å². The van der Waals surface area contributed by atoms with Crippen LogP contribution in [0.2, 0.25) is 10.0 Å². The number of halogens is 3. The first-order valence-electron chi connectivity index (χ1n) is 5.63. The van der Waals surface area contributed by atoms with Gasteiger partial charge in [-0.15, -0.1) is 0 Å². The SMILES string of the molecule is CCCNCCCOc1cc(Cl)c(Br)cc1Cl. The van der Waals surface area contributed by atoms with Gasteiger partial charge in [0.25, 0.3) is 0 Å². The molecule has 0 aliphatic rings. The topological polar surface area (TPSA) is 21.3 Å². The van der Waals surface area contributed by atoms with Gasteiger partial charge in [-0.3, -0.25) is 0 Å². The Labute approximate surface area is 121 Å². The molecule has 0 aliphatic heterocycles. The lowest BCUT2D eigenvalue weighted by molar-refractivity contribution is 0.308. The van der Waals surface area contributed by atoms with Crippen molar-refractivity contribution in [3.8, 4) is 5.75 Å². The minimum Gasteiger partial charge on any atom is -0.492 e. The van der Waals surface area contributed by atoms with Gasteiger partial charge < -0.3 is 10.1 Å². The van der Waals surface area contributed by atoms with Gasteiger partial charge in [-0.25, -0.2) is 0 Å². The van der Waals surface area contributed by atoms with Crippen LogP contribution in [0.1, 0.15) is 19.8 Å². The lowest BCUT2D eigenvalue weighted by Gasteiger charge is -2.09. The largest absolute Gasteiger partial charge is 0.492 e. The minimum absolute atomic E-state index is 0.572. The van der Waals surface area contributed by atoms with Crippen LogP contribution in [0.5, 0.6) is 5.75 Å². The molecule has 0 amide bonds. The molecular weight excluding hydrogens is 325 g/mol. The highest BCUT2D eigenvalue weighted by Crippen LogP contribution is 2.33. The summed E-state index contributed by atoms with van der Waals surface area (Å²) >= 11 is 15.3. The van der Waals surface area contributed by atoms with Crippen LogP contribution in [-0.2, 0) is 0 Å². The Morgan fingerprint density at radius 2 is 2.00 bits per heavy atom. The summed E-state index contributed by atoms with van der Waals surface area (Å²) in [6, 6.07) is 3.47. The van der Waals surface area contributed by atoms with Gasteiger partial charge in [0.2, 0.25) is 0 Å². The quantitative estimate of drug-likeness (QED) is 0.581. The van der Waals surface area contributed by atoms with Crippen molar-refractivity contribution < 1.29 is 4.74 Å². The fourth-order valence-electron chi connectivity index (χ4n) is 1.30. The molecule has 0 radical (unpaired) electrons. The van der Waals surface area contributed by atoms with E-state index < -0.39 is 0 Å². The number of rotatable bonds is 7. The average Bonchev–Trinajstić information content (AvgIpc) is 2.30. The van der Waals surface area contributed by atoms with Gasteiger partial charge in [0.15, 0.2) is 0 Å². The summed E-state index contributed by atoms with van der Waals surface area (Å²) in [7, 11) is 0. The van der Waals surface area contributed by atoms with Gasteiger partial charge in [-0.05, 0) is 47.9 Å². The Morgan fingerprint density at radius 1 is 1.24 bits per heavy atom. The van der Waals surface area contributed by atoms with Crippen LogP contribution in [0, 0.1) is 0 Å². The van der Waals surface area contributed by atoms with Crippen LogP contribution in [0.15, 0.2) is 16.6 Å². The molecule has 2 nitrogen and oxygen atoms in total. The summed E-state index contributed by atoms with van der Waals surface area (Å²) in [6.45, 7) is 4.78. The van der Waals surface area contributed by atoms with Crippen molar-refractivity contribution in [2.45, 2.75) is 19.8 Å². The normalized spacial score (nSPS) is 10.6. The van der Waals surface area contributed by atoms with E-state index in [1.54, 1.807) is 12.1 Å². The molecule has 0 bridgehead atoms. The van der Waals surface area contributed by atoms with E-state index in [2.05, 4.69) is 28.2 Å². The average molecular weight is 341 g/mol. The van der Waals surface area contributed by atoms with E-state index in [-0.39, 0.29) is 0 Å². The van der Waals surface area contributed by atoms with Crippen molar-refractivity contribution in [1.29, 1.82) is 0 Å². The van der Waals surface area contributed by atoms with Gasteiger partial charge in [0, 0.05) is 10.5 Å². The molecule has 0 aromatic heterocycles. The molecule has 96 valence electrons. The zero-order chi connectivity index (χ0) is 12.7. The van der Waals surface area contributed by atoms with Crippen molar-refractivity contribution in [3.63, 3.8) is 0 Å². The Morgan fingerprint density at radius 3 is 2.71 bits per heavy atom. The summed E-state index contributed by atoms with van der Waals surface area (Å²) < 4.78 is 6.35. The maximum absolute atomic E-state index is 6.03. The Balaban J connectivity index is 2.34. The summed E-state index contributed by atoms with van der Waals surface area (Å²) in [5.41, 5.74) is 0. The predicted molar refractivity (Wildman–Crippen MR) is 77.4 cm³/mol. The van der Waals surface area contributed by atoms with Crippen molar-refractivity contribution in [1.82, 2.24) is 5.32 Å². The predicted octanol–water partition coefficient (Wildman–Crippen LogP) is 4.52. The number of nitrogens with one attached hydrogen (secondary N) is 1. The van der Waals surface area contributed by atoms with Crippen LogP contribution in [0.4, 0.5) is 0 Å². The molecule has 1 N–H and O–H groups in total. The smallest absolute Gasteiger partial charge is 0.139 e. The first kappa shape index (κ1) is 15.1. The standard InChI is InChI=1S/C12H16BrCl2NO/c1-2-4-16-5-3-6-17-12-8-10(14)9(13)7-11(12)15/h7-8,16H,2-6H2,1H3.